The van der Waals surface area contributed by atoms with Gasteiger partial charge in [-0.15, -0.1) is 0 Å². The molecule has 1 amide bonds. The number of nitrogen functional groups attached to an aromatic ring is 1. The van der Waals surface area contributed by atoms with Crippen molar-refractivity contribution in [3.8, 4) is 5.75 Å². The van der Waals surface area contributed by atoms with Gasteiger partial charge in [0.05, 0.1) is 22.0 Å². The van der Waals surface area contributed by atoms with Gasteiger partial charge in [0.15, 0.2) is 17.2 Å². The van der Waals surface area contributed by atoms with Gasteiger partial charge in [0.25, 0.3) is 10.0 Å². The minimum Gasteiger partial charge on any atom is -0.486 e. The molecule has 0 atom stereocenters. The van der Waals surface area contributed by atoms with E-state index in [0.29, 0.717) is 52.4 Å². The molecule has 0 bridgehead atoms. The van der Waals surface area contributed by atoms with Crippen LogP contribution in [0, 0.1) is 0 Å². The number of aromatic nitrogens is 3. The average molecular weight is 603 g/mol. The summed E-state index contributed by atoms with van der Waals surface area (Å²) in [6.45, 7) is 6.41. The van der Waals surface area contributed by atoms with E-state index in [-0.39, 0.29) is 28.6 Å². The summed E-state index contributed by atoms with van der Waals surface area (Å²) in [5.41, 5.74) is 6.27. The number of anilines is 1. The number of nitrogens with two attached hydrogens (primary N) is 1. The zero-order valence-corrected chi connectivity index (χ0v) is 23.6. The SMILES string of the molecule is CC(C)(C)OC(=O)N1CCC(Oc2c(N)ncc3c2c2cc(Br)cnc2n3S(=O)(=O)c2ccccc2)CC1. The summed E-state index contributed by atoms with van der Waals surface area (Å²) in [5.74, 6) is 0.438. The van der Waals surface area contributed by atoms with Crippen LogP contribution in [-0.2, 0) is 14.8 Å². The molecular weight excluding hydrogens is 574 g/mol. The van der Waals surface area contributed by atoms with E-state index >= 15 is 0 Å². The Balaban J connectivity index is 1.55. The Kier molecular flexibility index (Phi) is 6.72. The van der Waals surface area contributed by atoms with Crippen molar-refractivity contribution >= 4 is 59.8 Å². The molecule has 1 saturated heterocycles. The Morgan fingerprint density at radius 3 is 2.45 bits per heavy atom. The zero-order valence-electron chi connectivity index (χ0n) is 21.2. The second kappa shape index (κ2) is 9.73. The summed E-state index contributed by atoms with van der Waals surface area (Å²) in [4.78, 5) is 23.0. The number of piperidine rings is 1. The van der Waals surface area contributed by atoms with Gasteiger partial charge in [-0.2, -0.15) is 0 Å². The third-order valence-electron chi connectivity index (χ3n) is 6.22. The summed E-state index contributed by atoms with van der Waals surface area (Å²) < 4.78 is 41.2. The minimum absolute atomic E-state index is 0.123. The van der Waals surface area contributed by atoms with E-state index in [1.54, 1.807) is 35.4 Å². The first-order chi connectivity index (χ1) is 18.0. The Labute approximate surface area is 228 Å². The minimum atomic E-state index is -4.01. The van der Waals surface area contributed by atoms with Crippen molar-refractivity contribution in [1.29, 1.82) is 0 Å². The van der Waals surface area contributed by atoms with Crippen molar-refractivity contribution in [2.45, 2.75) is 50.2 Å². The number of rotatable bonds is 4. The first-order valence-corrected chi connectivity index (χ1v) is 14.4. The standard InChI is InChI=1S/C26H28BrN5O5S/c1-26(2,3)37-25(33)31-11-9-17(10-12-31)36-22-21-19-13-16(27)14-30-24(19)32(20(21)15-29-23(22)28)38(34,35)18-7-5-4-6-8-18/h4-8,13-15,17H,9-12H2,1-3H3,(H2,28,29). The van der Waals surface area contributed by atoms with Crippen molar-refractivity contribution in [2.24, 2.45) is 0 Å². The fourth-order valence-corrected chi connectivity index (χ4v) is 6.33. The number of hydrogen-bond donors (Lipinski definition) is 1. The Hall–Kier alpha value is -3.38. The Morgan fingerprint density at radius 2 is 1.79 bits per heavy atom. The number of fused-ring (bicyclic) bond motifs is 3. The quantitative estimate of drug-likeness (QED) is 0.348. The fourth-order valence-electron chi connectivity index (χ4n) is 4.51. The third kappa shape index (κ3) is 4.90. The lowest BCUT2D eigenvalue weighted by Crippen LogP contribution is -2.44. The third-order valence-corrected chi connectivity index (χ3v) is 8.37. The van der Waals surface area contributed by atoms with Crippen molar-refractivity contribution in [3.05, 3.63) is 53.3 Å². The van der Waals surface area contributed by atoms with E-state index in [2.05, 4.69) is 25.9 Å². The van der Waals surface area contributed by atoms with Crippen LogP contribution in [0.4, 0.5) is 10.6 Å². The van der Waals surface area contributed by atoms with E-state index in [0.717, 1.165) is 0 Å². The second-order valence-electron chi connectivity index (χ2n) is 10.1. The van der Waals surface area contributed by atoms with Gasteiger partial charge in [-0.3, -0.25) is 0 Å². The van der Waals surface area contributed by atoms with E-state index in [4.69, 9.17) is 15.2 Å². The topological polar surface area (TPSA) is 130 Å². The maximum absolute atomic E-state index is 13.8. The van der Waals surface area contributed by atoms with E-state index in [9.17, 15) is 13.2 Å². The van der Waals surface area contributed by atoms with Crippen LogP contribution in [0.25, 0.3) is 21.9 Å². The lowest BCUT2D eigenvalue weighted by atomic mass is 10.1. The molecule has 0 aliphatic carbocycles. The molecule has 2 N–H and O–H groups in total. The number of carbonyl (C=O) groups is 1. The van der Waals surface area contributed by atoms with Crippen molar-refractivity contribution < 1.29 is 22.7 Å². The average Bonchev–Trinajstić information content (AvgIpc) is 3.20. The predicted octanol–water partition coefficient (Wildman–Crippen LogP) is 4.94. The summed E-state index contributed by atoms with van der Waals surface area (Å²) in [6.07, 6.45) is 3.47. The first-order valence-electron chi connectivity index (χ1n) is 12.1. The number of halogens is 1. The van der Waals surface area contributed by atoms with Crippen LogP contribution in [0.2, 0.25) is 0 Å². The molecule has 1 aromatic carbocycles. The molecule has 4 aromatic rings. The molecule has 38 heavy (non-hydrogen) atoms. The lowest BCUT2D eigenvalue weighted by molar-refractivity contribution is 0.0128. The fraction of sp³-hybridized carbons (Fsp3) is 0.346. The zero-order chi connectivity index (χ0) is 27.2. The summed E-state index contributed by atoms with van der Waals surface area (Å²) in [7, 11) is -4.01. The van der Waals surface area contributed by atoms with Gasteiger partial charge in [0, 0.05) is 42.0 Å². The Bertz CT molecular complexity index is 1630. The number of hydrogen-bond acceptors (Lipinski definition) is 8. The largest absolute Gasteiger partial charge is 0.486 e. The van der Waals surface area contributed by atoms with Gasteiger partial charge in [0.2, 0.25) is 0 Å². The molecule has 3 aromatic heterocycles. The molecule has 12 heteroatoms. The summed E-state index contributed by atoms with van der Waals surface area (Å²) >= 11 is 3.45. The second-order valence-corrected chi connectivity index (χ2v) is 12.8. The maximum Gasteiger partial charge on any atom is 0.410 e. The van der Waals surface area contributed by atoms with Crippen molar-refractivity contribution in [2.75, 3.05) is 18.8 Å². The number of ether oxygens (including phenoxy) is 2. The highest BCUT2D eigenvalue weighted by atomic mass is 79.9. The van der Waals surface area contributed by atoms with Gasteiger partial charge >= 0.3 is 6.09 Å². The molecule has 0 saturated carbocycles. The molecule has 4 heterocycles. The monoisotopic (exact) mass is 601 g/mol. The van der Waals surface area contributed by atoms with Crippen LogP contribution < -0.4 is 10.5 Å². The lowest BCUT2D eigenvalue weighted by Gasteiger charge is -2.33. The van der Waals surface area contributed by atoms with Crippen LogP contribution in [0.5, 0.6) is 5.75 Å². The molecule has 1 fully saturated rings. The molecule has 0 radical (unpaired) electrons. The molecule has 200 valence electrons. The number of benzene rings is 1. The van der Waals surface area contributed by atoms with E-state index in [1.165, 1.54) is 22.3 Å². The summed E-state index contributed by atoms with van der Waals surface area (Å²) in [5, 5.41) is 1.07. The van der Waals surface area contributed by atoms with Gasteiger partial charge in [0.1, 0.15) is 11.7 Å². The van der Waals surface area contributed by atoms with Crippen LogP contribution >= 0.6 is 15.9 Å². The van der Waals surface area contributed by atoms with Crippen LogP contribution in [0.1, 0.15) is 33.6 Å². The number of pyridine rings is 2. The predicted molar refractivity (Wildman–Crippen MR) is 148 cm³/mol. The van der Waals surface area contributed by atoms with Gasteiger partial charge in [-0.05, 0) is 54.9 Å². The molecule has 10 nitrogen and oxygen atoms in total. The van der Waals surface area contributed by atoms with Crippen molar-refractivity contribution in [3.63, 3.8) is 0 Å². The van der Waals surface area contributed by atoms with Crippen molar-refractivity contribution in [1.82, 2.24) is 18.8 Å². The van der Waals surface area contributed by atoms with E-state index < -0.39 is 15.6 Å². The highest BCUT2D eigenvalue weighted by molar-refractivity contribution is 9.10. The van der Waals surface area contributed by atoms with Gasteiger partial charge in [-0.25, -0.2) is 27.2 Å². The van der Waals surface area contributed by atoms with Crippen LogP contribution in [0.3, 0.4) is 0 Å². The maximum atomic E-state index is 13.8. The number of carbonyl (C=O) groups excluding carboxylic acids is 1. The molecule has 5 rings (SSSR count). The number of amides is 1. The van der Waals surface area contributed by atoms with Crippen LogP contribution in [-0.4, -0.2) is 58.1 Å². The highest BCUT2D eigenvalue weighted by Gasteiger charge is 2.31. The summed E-state index contributed by atoms with van der Waals surface area (Å²) in [6, 6.07) is 9.94. The smallest absolute Gasteiger partial charge is 0.410 e. The first kappa shape index (κ1) is 26.2. The normalized spacial score (nSPS) is 15.2. The van der Waals surface area contributed by atoms with Gasteiger partial charge in [-0.1, -0.05) is 18.2 Å². The Morgan fingerprint density at radius 1 is 1.11 bits per heavy atom. The molecule has 0 spiro atoms. The number of likely N-dealkylation sites (tertiary alicyclic amines) is 1. The van der Waals surface area contributed by atoms with Gasteiger partial charge < -0.3 is 20.1 Å². The molecular formula is C26H28BrN5O5S. The molecule has 1 aliphatic heterocycles. The number of nitrogens with zero attached hydrogens (tertiary/aromatic N) is 4. The van der Waals surface area contributed by atoms with E-state index in [1.807, 2.05) is 20.8 Å². The molecule has 0 unspecified atom stereocenters. The highest BCUT2D eigenvalue weighted by Crippen LogP contribution is 2.41. The van der Waals surface area contributed by atoms with Crippen LogP contribution in [0.15, 0.2) is 58.2 Å². The molecule has 1 aliphatic rings.